The van der Waals surface area contributed by atoms with E-state index in [1.165, 1.54) is 0 Å². The van der Waals surface area contributed by atoms with E-state index in [0.717, 1.165) is 11.1 Å². The molecule has 0 radical (unpaired) electrons. The number of carbonyl (C=O) groups excluding carboxylic acids is 1. The van der Waals surface area contributed by atoms with Gasteiger partial charge in [0.05, 0.1) is 13.0 Å². The third kappa shape index (κ3) is 3.72. The molecule has 0 bridgehead atoms. The zero-order valence-electron chi connectivity index (χ0n) is 9.23. The minimum absolute atomic E-state index is 0.00998. The fraction of sp³-hybridized carbons (Fsp3) is 0.417. The maximum absolute atomic E-state index is 11.6. The number of carbonyl (C=O) groups is 1. The summed E-state index contributed by atoms with van der Waals surface area (Å²) in [5, 5.41) is 8.70. The van der Waals surface area contributed by atoms with Crippen molar-refractivity contribution in [1.29, 1.82) is 0 Å². The molecule has 0 fully saturated rings. The van der Waals surface area contributed by atoms with Crippen LogP contribution in [-0.4, -0.2) is 36.1 Å². The summed E-state index contributed by atoms with van der Waals surface area (Å²) in [4.78, 5) is 13.2. The van der Waals surface area contributed by atoms with Crippen molar-refractivity contribution in [2.45, 2.75) is 13.3 Å². The molecule has 0 aliphatic heterocycles. The zero-order valence-corrected chi connectivity index (χ0v) is 9.23. The van der Waals surface area contributed by atoms with Crippen molar-refractivity contribution in [3.8, 4) is 0 Å². The van der Waals surface area contributed by atoms with Crippen molar-refractivity contribution in [2.24, 2.45) is 0 Å². The monoisotopic (exact) mass is 207 g/mol. The molecule has 82 valence electrons. The average molecular weight is 207 g/mol. The highest BCUT2D eigenvalue weighted by Crippen LogP contribution is 2.05. The standard InChI is InChI=1S/C12H17NO2/c1-10-4-3-5-11(8-10)9-12(15)13(2)6-7-14/h3-5,8,14H,6-7,9H2,1-2H3. The van der Waals surface area contributed by atoms with Crippen LogP contribution in [0.5, 0.6) is 0 Å². The van der Waals surface area contributed by atoms with Gasteiger partial charge in [-0.3, -0.25) is 4.79 Å². The molecule has 0 heterocycles. The summed E-state index contributed by atoms with van der Waals surface area (Å²) < 4.78 is 0. The molecule has 0 aliphatic carbocycles. The molecule has 1 rings (SSSR count). The van der Waals surface area contributed by atoms with Crippen LogP contribution in [0.3, 0.4) is 0 Å². The first-order chi connectivity index (χ1) is 7.13. The molecule has 3 heteroatoms. The van der Waals surface area contributed by atoms with Gasteiger partial charge in [0.25, 0.3) is 0 Å². The van der Waals surface area contributed by atoms with Crippen LogP contribution in [0.1, 0.15) is 11.1 Å². The van der Waals surface area contributed by atoms with E-state index in [1.54, 1.807) is 11.9 Å². The number of rotatable bonds is 4. The van der Waals surface area contributed by atoms with Crippen LogP contribution in [-0.2, 0) is 11.2 Å². The Morgan fingerprint density at radius 2 is 2.20 bits per heavy atom. The minimum atomic E-state index is 0.00998. The van der Waals surface area contributed by atoms with Crippen molar-refractivity contribution in [3.63, 3.8) is 0 Å². The second-order valence-electron chi connectivity index (χ2n) is 3.70. The molecule has 0 atom stereocenters. The minimum Gasteiger partial charge on any atom is -0.395 e. The summed E-state index contributed by atoms with van der Waals surface area (Å²) in [5.41, 5.74) is 2.18. The molecule has 1 aromatic rings. The number of nitrogens with zero attached hydrogens (tertiary/aromatic N) is 1. The molecule has 1 amide bonds. The van der Waals surface area contributed by atoms with Crippen LogP contribution in [0.2, 0.25) is 0 Å². The summed E-state index contributed by atoms with van der Waals surface area (Å²) >= 11 is 0. The SMILES string of the molecule is Cc1cccc(CC(=O)N(C)CCO)c1. The van der Waals surface area contributed by atoms with Gasteiger partial charge in [-0.25, -0.2) is 0 Å². The molecule has 0 saturated carbocycles. The molecular weight excluding hydrogens is 190 g/mol. The summed E-state index contributed by atoms with van der Waals surface area (Å²) in [7, 11) is 1.70. The molecular formula is C12H17NO2. The summed E-state index contributed by atoms with van der Waals surface area (Å²) in [6.07, 6.45) is 0.401. The van der Waals surface area contributed by atoms with E-state index < -0.39 is 0 Å². The van der Waals surface area contributed by atoms with E-state index in [4.69, 9.17) is 5.11 Å². The van der Waals surface area contributed by atoms with Crippen molar-refractivity contribution >= 4 is 5.91 Å². The van der Waals surface area contributed by atoms with Crippen LogP contribution >= 0.6 is 0 Å². The van der Waals surface area contributed by atoms with Crippen molar-refractivity contribution in [1.82, 2.24) is 4.90 Å². The fourth-order valence-corrected chi connectivity index (χ4v) is 1.41. The van der Waals surface area contributed by atoms with Gasteiger partial charge in [-0.05, 0) is 12.5 Å². The van der Waals surface area contributed by atoms with Crippen molar-refractivity contribution < 1.29 is 9.90 Å². The molecule has 3 nitrogen and oxygen atoms in total. The first kappa shape index (κ1) is 11.7. The number of likely N-dealkylation sites (N-methyl/N-ethyl adjacent to an activating group) is 1. The smallest absolute Gasteiger partial charge is 0.226 e. The van der Waals surface area contributed by atoms with Crippen LogP contribution in [0.4, 0.5) is 0 Å². The van der Waals surface area contributed by atoms with Gasteiger partial charge in [0.15, 0.2) is 0 Å². The lowest BCUT2D eigenvalue weighted by atomic mass is 10.1. The Balaban J connectivity index is 2.58. The van der Waals surface area contributed by atoms with Crippen LogP contribution in [0.25, 0.3) is 0 Å². The highest BCUT2D eigenvalue weighted by molar-refractivity contribution is 5.78. The normalized spacial score (nSPS) is 10.1. The lowest BCUT2D eigenvalue weighted by Crippen LogP contribution is -2.30. The van der Waals surface area contributed by atoms with Gasteiger partial charge in [-0.1, -0.05) is 29.8 Å². The van der Waals surface area contributed by atoms with E-state index in [2.05, 4.69) is 0 Å². The highest BCUT2D eigenvalue weighted by atomic mass is 16.3. The first-order valence-corrected chi connectivity index (χ1v) is 5.04. The lowest BCUT2D eigenvalue weighted by Gasteiger charge is -2.15. The second-order valence-corrected chi connectivity index (χ2v) is 3.70. The van der Waals surface area contributed by atoms with Crippen LogP contribution in [0.15, 0.2) is 24.3 Å². The van der Waals surface area contributed by atoms with Gasteiger partial charge >= 0.3 is 0 Å². The predicted octanol–water partition coefficient (Wildman–Crippen LogP) is 0.988. The number of amides is 1. The van der Waals surface area contributed by atoms with Crippen LogP contribution in [0, 0.1) is 6.92 Å². The number of aryl methyl sites for hydroxylation is 1. The first-order valence-electron chi connectivity index (χ1n) is 5.04. The molecule has 0 aliphatic rings. The topological polar surface area (TPSA) is 40.5 Å². The van der Waals surface area contributed by atoms with Crippen molar-refractivity contribution in [3.05, 3.63) is 35.4 Å². The molecule has 1 N–H and O–H groups in total. The van der Waals surface area contributed by atoms with E-state index in [1.807, 2.05) is 31.2 Å². The Bertz CT molecular complexity index is 336. The summed E-state index contributed by atoms with van der Waals surface area (Å²) in [5.74, 6) is 0.0367. The van der Waals surface area contributed by atoms with Gasteiger partial charge in [0.1, 0.15) is 0 Å². The quantitative estimate of drug-likeness (QED) is 0.799. The molecule has 0 unspecified atom stereocenters. The van der Waals surface area contributed by atoms with E-state index >= 15 is 0 Å². The lowest BCUT2D eigenvalue weighted by molar-refractivity contribution is -0.129. The molecule has 0 aromatic heterocycles. The molecule has 0 spiro atoms. The third-order valence-corrected chi connectivity index (χ3v) is 2.30. The van der Waals surface area contributed by atoms with Gasteiger partial charge in [-0.2, -0.15) is 0 Å². The number of benzene rings is 1. The number of hydrogen-bond acceptors (Lipinski definition) is 2. The van der Waals surface area contributed by atoms with Gasteiger partial charge in [0.2, 0.25) is 5.91 Å². The third-order valence-electron chi connectivity index (χ3n) is 2.30. The van der Waals surface area contributed by atoms with Crippen molar-refractivity contribution in [2.75, 3.05) is 20.2 Å². The average Bonchev–Trinajstić information content (AvgIpc) is 2.18. The number of aliphatic hydroxyl groups excluding tert-OH is 1. The van der Waals surface area contributed by atoms with Gasteiger partial charge in [0, 0.05) is 13.6 Å². The summed E-state index contributed by atoms with van der Waals surface area (Å²) in [6.45, 7) is 2.41. The Kier molecular flexibility index (Phi) is 4.31. The van der Waals surface area contributed by atoms with Crippen LogP contribution < -0.4 is 0 Å². The molecule has 0 saturated heterocycles. The second kappa shape index (κ2) is 5.51. The molecule has 1 aromatic carbocycles. The Morgan fingerprint density at radius 3 is 2.80 bits per heavy atom. The van der Waals surface area contributed by atoms with E-state index in [0.29, 0.717) is 13.0 Å². The Hall–Kier alpha value is -1.35. The molecule has 15 heavy (non-hydrogen) atoms. The van der Waals surface area contributed by atoms with E-state index in [9.17, 15) is 4.79 Å². The fourth-order valence-electron chi connectivity index (χ4n) is 1.41. The number of hydrogen-bond donors (Lipinski definition) is 1. The summed E-state index contributed by atoms with van der Waals surface area (Å²) in [6, 6.07) is 7.90. The van der Waals surface area contributed by atoms with Gasteiger partial charge < -0.3 is 10.0 Å². The number of aliphatic hydroxyl groups is 1. The predicted molar refractivity (Wildman–Crippen MR) is 59.6 cm³/mol. The largest absolute Gasteiger partial charge is 0.395 e. The van der Waals surface area contributed by atoms with E-state index in [-0.39, 0.29) is 12.5 Å². The Labute approximate surface area is 90.3 Å². The highest BCUT2D eigenvalue weighted by Gasteiger charge is 2.08. The van der Waals surface area contributed by atoms with Gasteiger partial charge in [-0.15, -0.1) is 0 Å². The Morgan fingerprint density at radius 1 is 1.47 bits per heavy atom. The zero-order chi connectivity index (χ0) is 11.3. The maximum atomic E-state index is 11.6. The maximum Gasteiger partial charge on any atom is 0.226 e.